The van der Waals surface area contributed by atoms with Gasteiger partial charge in [-0.2, -0.15) is 0 Å². The van der Waals surface area contributed by atoms with Crippen LogP contribution >= 0.6 is 27.3 Å². The van der Waals surface area contributed by atoms with Crippen molar-refractivity contribution < 1.29 is 42.6 Å². The van der Waals surface area contributed by atoms with E-state index >= 15 is 0 Å². The van der Waals surface area contributed by atoms with Crippen LogP contribution in [0.4, 0.5) is 8.78 Å². The van der Waals surface area contributed by atoms with Gasteiger partial charge in [0.2, 0.25) is 23.6 Å². The number of aryl methyl sites for hydroxylation is 5. The van der Waals surface area contributed by atoms with Crippen LogP contribution in [0.25, 0.3) is 16.1 Å². The summed E-state index contributed by atoms with van der Waals surface area (Å²) >= 11 is 4.89. The third-order valence-electron chi connectivity index (χ3n) is 14.1. The Morgan fingerprint density at radius 3 is 2.35 bits per heavy atom. The molecule has 1 aliphatic heterocycles. The number of ether oxygens (including phenoxy) is 1. The first-order valence-electron chi connectivity index (χ1n) is 27.2. The van der Waals surface area contributed by atoms with Crippen LogP contribution in [-0.2, 0) is 38.8 Å². The first-order valence-corrected chi connectivity index (χ1v) is 28.9. The summed E-state index contributed by atoms with van der Waals surface area (Å²) < 4.78 is 36.6. The van der Waals surface area contributed by atoms with Crippen LogP contribution in [0.3, 0.4) is 0 Å². The Balaban J connectivity index is 0.768. The minimum Gasteiger partial charge on any atom is -0.487 e. The highest BCUT2D eigenvalue weighted by Gasteiger charge is 2.44. The van der Waals surface area contributed by atoms with Crippen molar-refractivity contribution in [1.82, 2.24) is 50.7 Å². The minimum absolute atomic E-state index is 0.0198. The van der Waals surface area contributed by atoms with Gasteiger partial charge in [0.1, 0.15) is 40.5 Å². The maximum absolute atomic E-state index is 14.2. The maximum atomic E-state index is 14.2. The molecule has 5 amide bonds. The molecule has 1 saturated heterocycles. The fourth-order valence-corrected chi connectivity index (χ4v) is 10.8. The Hall–Kier alpha value is -7.17. The molecule has 0 spiro atoms. The third kappa shape index (κ3) is 16.5. The van der Waals surface area contributed by atoms with Gasteiger partial charge in [-0.05, 0) is 122 Å². The van der Waals surface area contributed by atoms with Crippen molar-refractivity contribution in [3.63, 3.8) is 0 Å². The van der Waals surface area contributed by atoms with E-state index in [0.29, 0.717) is 75.1 Å². The molecule has 4 atom stereocenters. The summed E-state index contributed by atoms with van der Waals surface area (Å²) in [7, 11) is 0. The van der Waals surface area contributed by atoms with Gasteiger partial charge in [-0.15, -0.1) is 16.4 Å². The number of unbranched alkanes of at least 4 members (excludes halogenated alkanes) is 2. The highest BCUT2D eigenvalue weighted by atomic mass is 79.9. The number of β-amino-alcohol motifs (C(OH)–C–C–N with tert-alkyl or cyclic N) is 1. The molecule has 6 aromatic rings. The number of hydrogen-bond donors (Lipinski definition) is 5. The Morgan fingerprint density at radius 1 is 0.889 bits per heavy atom. The van der Waals surface area contributed by atoms with Crippen molar-refractivity contribution in [2.24, 2.45) is 5.41 Å². The maximum Gasteiger partial charge on any atom is 0.273 e. The molecule has 1 aliphatic rings. The lowest BCUT2D eigenvalue weighted by Gasteiger charge is -2.35. The van der Waals surface area contributed by atoms with E-state index < -0.39 is 46.7 Å². The van der Waals surface area contributed by atoms with E-state index in [-0.39, 0.29) is 77.9 Å². The van der Waals surface area contributed by atoms with Gasteiger partial charge in [0.25, 0.3) is 11.5 Å². The van der Waals surface area contributed by atoms with E-state index in [0.717, 1.165) is 45.1 Å². The van der Waals surface area contributed by atoms with Crippen LogP contribution in [0.15, 0.2) is 87.7 Å². The molecule has 7 rings (SSSR count). The average molecular weight is 1200 g/mol. The summed E-state index contributed by atoms with van der Waals surface area (Å²) in [5.41, 5.74) is 6.55. The summed E-state index contributed by atoms with van der Waals surface area (Å²) in [5, 5.41) is 30.9. The topological polar surface area (TPSA) is 232 Å². The van der Waals surface area contributed by atoms with Crippen molar-refractivity contribution >= 4 is 56.8 Å². The zero-order chi connectivity index (χ0) is 58.5. The van der Waals surface area contributed by atoms with E-state index in [1.54, 1.807) is 47.2 Å². The molecule has 0 radical (unpaired) electrons. The molecule has 81 heavy (non-hydrogen) atoms. The number of pyridine rings is 1. The quantitative estimate of drug-likeness (QED) is 0.0342. The fourth-order valence-electron chi connectivity index (χ4n) is 9.56. The van der Waals surface area contributed by atoms with E-state index in [1.165, 1.54) is 15.5 Å². The van der Waals surface area contributed by atoms with Crippen molar-refractivity contribution in [1.29, 1.82) is 0 Å². The van der Waals surface area contributed by atoms with Gasteiger partial charge in [0, 0.05) is 80.6 Å². The van der Waals surface area contributed by atoms with E-state index in [9.17, 15) is 42.7 Å². The Labute approximate surface area is 482 Å². The van der Waals surface area contributed by atoms with Gasteiger partial charge in [0.15, 0.2) is 0 Å². The minimum atomic E-state index is -0.931. The Bertz CT molecular complexity index is 3270. The molecule has 0 unspecified atom stereocenters. The monoisotopic (exact) mass is 1200 g/mol. The molecule has 0 bridgehead atoms. The summed E-state index contributed by atoms with van der Waals surface area (Å²) in [6.45, 7) is 14.0. The molecular weight excluding hydrogens is 1130 g/mol. The lowest BCUT2D eigenvalue weighted by molar-refractivity contribution is -0.144. The number of rotatable bonds is 25. The predicted molar refractivity (Wildman–Crippen MR) is 308 cm³/mol. The smallest absolute Gasteiger partial charge is 0.273 e. The van der Waals surface area contributed by atoms with Crippen LogP contribution in [-0.4, -0.2) is 102 Å². The van der Waals surface area contributed by atoms with E-state index in [1.807, 2.05) is 77.5 Å². The number of halogens is 3. The van der Waals surface area contributed by atoms with E-state index in [4.69, 9.17) is 4.74 Å². The van der Waals surface area contributed by atoms with Crippen molar-refractivity contribution in [3.8, 4) is 21.9 Å². The van der Waals surface area contributed by atoms with Crippen LogP contribution < -0.4 is 31.6 Å². The second-order valence-electron chi connectivity index (χ2n) is 21.6. The molecule has 1 fully saturated rings. The molecule has 18 nitrogen and oxygen atoms in total. The zero-order valence-electron chi connectivity index (χ0n) is 46.7. The molecule has 0 saturated carbocycles. The molecule has 0 aliphatic carbocycles. The molecule has 432 valence electrons. The number of benzene rings is 3. The number of aliphatic hydroxyl groups is 1. The standard InChI is InChI=1S/C59H71BrF2N10O8S/c1-35-16-17-41(28-47(35)72-36(2)27-49(52(60)57(72)78)80-33-42-22-23-43(61)29-46(42)62)55(76)64-25-11-13-44-31-70(69-68-44)26-12-15-50(74)63-24-10-8-9-14-51(75)67-54(59(5,6)7)58(79)71-32-45(73)30-48(71)56(77)66-37(3)39-18-20-40(21-19-39)53-38(4)65-34-81-53/h16-23,27-29,31,34,37,45,48,54,73H,8-15,24-26,30,32-33H2,1-7H3,(H,63,74)(H,64,76)(H,66,77)(H,67,75)/t37-,45+,48-,54+/m0/s1. The Morgan fingerprint density at radius 2 is 1.63 bits per heavy atom. The van der Waals surface area contributed by atoms with Crippen LogP contribution in [0, 0.1) is 37.8 Å². The first-order chi connectivity index (χ1) is 38.6. The molecule has 4 heterocycles. The van der Waals surface area contributed by atoms with Crippen molar-refractivity contribution in [3.05, 3.63) is 144 Å². The highest BCUT2D eigenvalue weighted by molar-refractivity contribution is 9.10. The zero-order valence-corrected chi connectivity index (χ0v) is 49.1. The van der Waals surface area contributed by atoms with Crippen molar-refractivity contribution in [2.75, 3.05) is 19.6 Å². The van der Waals surface area contributed by atoms with Crippen LogP contribution in [0.5, 0.6) is 5.75 Å². The third-order valence-corrected chi connectivity index (χ3v) is 15.9. The summed E-state index contributed by atoms with van der Waals surface area (Å²) in [6.07, 6.45) is 5.04. The number of carbonyl (C=O) groups excluding carboxylic acids is 5. The molecule has 3 aromatic carbocycles. The second kappa shape index (κ2) is 28.0. The van der Waals surface area contributed by atoms with Crippen LogP contribution in [0.2, 0.25) is 0 Å². The lowest BCUT2D eigenvalue weighted by Crippen LogP contribution is -2.57. The number of aromatic nitrogens is 5. The number of amides is 5. The molecule has 22 heteroatoms. The summed E-state index contributed by atoms with van der Waals surface area (Å²) in [6, 6.07) is 15.6. The SMILES string of the molecule is Cc1ccc(C(=O)NCCCc2cn(CCCC(=O)NCCCCCC(=O)N[C@H](C(=O)N3C[C@H](O)C[C@H]3C(=O)N[C@@H](C)c3ccc(-c4scnc4C)cc3)C(C)(C)C)nn2)cc1-n1c(C)cc(OCc2ccc(F)cc2F)c(Br)c1=O. The first kappa shape index (κ1) is 61.4. The van der Waals surface area contributed by atoms with E-state index in [2.05, 4.69) is 52.5 Å². The largest absolute Gasteiger partial charge is 0.487 e. The van der Waals surface area contributed by atoms with Crippen LogP contribution in [0.1, 0.15) is 129 Å². The lowest BCUT2D eigenvalue weighted by atomic mass is 9.85. The number of carbonyl (C=O) groups is 5. The number of aliphatic hydroxyl groups excluding tert-OH is 1. The predicted octanol–water partition coefficient (Wildman–Crippen LogP) is 8.29. The molecular formula is C59H71BrF2N10O8S. The van der Waals surface area contributed by atoms with Gasteiger partial charge in [-0.25, -0.2) is 13.8 Å². The molecule has 5 N–H and O–H groups in total. The average Bonchev–Trinajstić information content (AvgIpc) is 4.18. The van der Waals surface area contributed by atoms with Gasteiger partial charge in [0.05, 0.1) is 39.6 Å². The summed E-state index contributed by atoms with van der Waals surface area (Å²) in [4.78, 5) is 87.3. The number of likely N-dealkylation sites (tertiary alicyclic amines) is 1. The Kier molecular flexibility index (Phi) is 21.2. The normalized spacial score (nSPS) is 15.0. The molecule has 3 aromatic heterocycles. The number of thiazole rings is 1. The second-order valence-corrected chi connectivity index (χ2v) is 23.3. The van der Waals surface area contributed by atoms with Gasteiger partial charge >= 0.3 is 0 Å². The number of nitrogens with zero attached hydrogens (tertiary/aromatic N) is 6. The summed E-state index contributed by atoms with van der Waals surface area (Å²) in [5.74, 6) is -2.79. The number of nitrogens with one attached hydrogen (secondary N) is 4. The van der Waals surface area contributed by atoms with Crippen molar-refractivity contribution in [2.45, 2.75) is 144 Å². The highest BCUT2D eigenvalue weighted by Crippen LogP contribution is 2.31. The fraction of sp³-hybridized carbons (Fsp3) is 0.441. The van der Waals surface area contributed by atoms with Gasteiger partial charge in [-0.1, -0.05) is 62.7 Å². The number of hydrogen-bond acceptors (Lipinski definition) is 12. The van der Waals surface area contributed by atoms with Gasteiger partial charge in [-0.3, -0.25) is 38.0 Å². The van der Waals surface area contributed by atoms with Gasteiger partial charge < -0.3 is 36.0 Å².